The van der Waals surface area contributed by atoms with Crippen molar-refractivity contribution < 1.29 is 29.0 Å². The molecule has 1 aliphatic rings. The fraction of sp³-hybridized carbons (Fsp3) is 0.800. The van der Waals surface area contributed by atoms with Gasteiger partial charge < -0.3 is 14.6 Å². The average Bonchev–Trinajstić information content (AvgIpc) is 2.36. The van der Waals surface area contributed by atoms with Gasteiger partial charge in [-0.2, -0.15) is 0 Å². The first kappa shape index (κ1) is 17.5. The van der Waals surface area contributed by atoms with E-state index >= 15 is 0 Å². The molecule has 1 saturated carbocycles. The van der Waals surface area contributed by atoms with Gasteiger partial charge in [0.15, 0.2) is 0 Å². The van der Waals surface area contributed by atoms with Gasteiger partial charge in [0.25, 0.3) is 0 Å². The maximum Gasteiger partial charge on any atom is 0.310 e. The van der Waals surface area contributed by atoms with Crippen LogP contribution in [0.2, 0.25) is 0 Å². The molecule has 0 aromatic heterocycles. The Balaban J connectivity index is 2.86. The Bertz CT molecular complexity index is 401. The van der Waals surface area contributed by atoms with E-state index in [0.717, 1.165) is 0 Å². The van der Waals surface area contributed by atoms with Gasteiger partial charge in [-0.15, -0.1) is 0 Å². The molecule has 1 N–H and O–H groups in total. The highest BCUT2D eigenvalue weighted by molar-refractivity contribution is 5.83. The Morgan fingerprint density at radius 3 is 1.81 bits per heavy atom. The number of aliphatic carboxylic acids is 1. The maximum atomic E-state index is 12.2. The number of rotatable bonds is 5. The molecule has 120 valence electrons. The molecule has 3 atom stereocenters. The van der Waals surface area contributed by atoms with Gasteiger partial charge in [-0.1, -0.05) is 0 Å². The van der Waals surface area contributed by atoms with Crippen molar-refractivity contribution in [2.75, 3.05) is 0 Å². The predicted molar refractivity (Wildman–Crippen MR) is 74.4 cm³/mol. The van der Waals surface area contributed by atoms with Crippen molar-refractivity contribution in [3.63, 3.8) is 0 Å². The molecule has 6 nitrogen and oxygen atoms in total. The summed E-state index contributed by atoms with van der Waals surface area (Å²) in [4.78, 5) is 35.4. The standard InChI is InChI=1S/C15H24O6/c1-8(2)20-14(18)11-6-5-10(13(16)17)7-12(11)15(19)21-9(3)4/h8-12H,5-7H2,1-4H3,(H,16,17). The van der Waals surface area contributed by atoms with E-state index in [9.17, 15) is 14.4 Å². The van der Waals surface area contributed by atoms with Crippen LogP contribution in [0, 0.1) is 17.8 Å². The highest BCUT2D eigenvalue weighted by atomic mass is 16.6. The third kappa shape index (κ3) is 5.02. The molecular weight excluding hydrogens is 276 g/mol. The smallest absolute Gasteiger partial charge is 0.310 e. The Labute approximate surface area is 124 Å². The molecule has 1 rings (SSSR count). The fourth-order valence-electron chi connectivity index (χ4n) is 2.58. The van der Waals surface area contributed by atoms with E-state index in [0.29, 0.717) is 12.8 Å². The number of hydrogen-bond acceptors (Lipinski definition) is 5. The molecule has 0 aliphatic heterocycles. The Morgan fingerprint density at radius 2 is 1.38 bits per heavy atom. The van der Waals surface area contributed by atoms with Crippen molar-refractivity contribution in [3.05, 3.63) is 0 Å². The quantitative estimate of drug-likeness (QED) is 0.781. The van der Waals surface area contributed by atoms with Crippen LogP contribution in [0.1, 0.15) is 47.0 Å². The summed E-state index contributed by atoms with van der Waals surface area (Å²) in [7, 11) is 0. The molecule has 1 aliphatic carbocycles. The van der Waals surface area contributed by atoms with E-state index in [1.807, 2.05) is 0 Å². The first-order chi connectivity index (χ1) is 9.72. The van der Waals surface area contributed by atoms with Crippen molar-refractivity contribution in [3.8, 4) is 0 Å². The van der Waals surface area contributed by atoms with Gasteiger partial charge in [-0.25, -0.2) is 0 Å². The van der Waals surface area contributed by atoms with Gasteiger partial charge in [0, 0.05) is 0 Å². The van der Waals surface area contributed by atoms with Crippen molar-refractivity contribution in [2.24, 2.45) is 17.8 Å². The lowest BCUT2D eigenvalue weighted by molar-refractivity contribution is -0.169. The van der Waals surface area contributed by atoms with E-state index in [1.165, 1.54) is 0 Å². The zero-order valence-electron chi connectivity index (χ0n) is 13.0. The minimum atomic E-state index is -0.937. The Kier molecular flexibility index (Phi) is 6.18. The summed E-state index contributed by atoms with van der Waals surface area (Å²) < 4.78 is 10.3. The highest BCUT2D eigenvalue weighted by Crippen LogP contribution is 2.36. The number of carbonyl (C=O) groups is 3. The number of carboxylic acids is 1. The lowest BCUT2D eigenvalue weighted by atomic mass is 9.74. The first-order valence-electron chi connectivity index (χ1n) is 7.36. The van der Waals surface area contributed by atoms with E-state index in [2.05, 4.69) is 0 Å². The van der Waals surface area contributed by atoms with E-state index in [-0.39, 0.29) is 18.6 Å². The van der Waals surface area contributed by atoms with Crippen molar-refractivity contribution in [1.29, 1.82) is 0 Å². The number of esters is 2. The molecule has 0 aromatic carbocycles. The summed E-state index contributed by atoms with van der Waals surface area (Å²) in [6, 6.07) is 0. The number of ether oxygens (including phenoxy) is 2. The minimum absolute atomic E-state index is 0.124. The Hall–Kier alpha value is -1.59. The van der Waals surface area contributed by atoms with Crippen molar-refractivity contribution >= 4 is 17.9 Å². The lowest BCUT2D eigenvalue weighted by Gasteiger charge is -2.32. The predicted octanol–water partition coefficient (Wildman–Crippen LogP) is 2.01. The van der Waals surface area contributed by atoms with Crippen LogP contribution in [0.3, 0.4) is 0 Å². The molecule has 0 radical (unpaired) electrons. The molecule has 0 heterocycles. The van der Waals surface area contributed by atoms with Crippen LogP contribution < -0.4 is 0 Å². The summed E-state index contributed by atoms with van der Waals surface area (Å²) in [5.41, 5.74) is 0. The normalized spacial score (nSPS) is 25.7. The third-order valence-electron chi connectivity index (χ3n) is 3.51. The lowest BCUT2D eigenvalue weighted by Crippen LogP contribution is -2.40. The first-order valence-corrected chi connectivity index (χ1v) is 7.36. The average molecular weight is 300 g/mol. The zero-order chi connectivity index (χ0) is 16.2. The molecule has 0 aromatic rings. The molecule has 0 amide bonds. The maximum absolute atomic E-state index is 12.2. The second kappa shape index (κ2) is 7.43. The molecule has 0 spiro atoms. The molecular formula is C15H24O6. The molecule has 1 fully saturated rings. The Morgan fingerprint density at radius 1 is 0.905 bits per heavy atom. The molecule has 0 saturated heterocycles. The minimum Gasteiger partial charge on any atom is -0.481 e. The van der Waals surface area contributed by atoms with Crippen LogP contribution in [-0.4, -0.2) is 35.2 Å². The van der Waals surface area contributed by atoms with Gasteiger partial charge in [0.2, 0.25) is 0 Å². The summed E-state index contributed by atoms with van der Waals surface area (Å²) in [6.45, 7) is 6.91. The van der Waals surface area contributed by atoms with Gasteiger partial charge in [-0.05, 0) is 47.0 Å². The van der Waals surface area contributed by atoms with Gasteiger partial charge >= 0.3 is 17.9 Å². The van der Waals surface area contributed by atoms with E-state index in [4.69, 9.17) is 14.6 Å². The van der Waals surface area contributed by atoms with E-state index in [1.54, 1.807) is 27.7 Å². The summed E-state index contributed by atoms with van der Waals surface area (Å²) in [6.07, 6.45) is 0.263. The van der Waals surface area contributed by atoms with Crippen LogP contribution in [0.15, 0.2) is 0 Å². The van der Waals surface area contributed by atoms with Crippen LogP contribution in [-0.2, 0) is 23.9 Å². The van der Waals surface area contributed by atoms with E-state index < -0.39 is 35.7 Å². The number of carbonyl (C=O) groups excluding carboxylic acids is 2. The second-order valence-electron chi connectivity index (χ2n) is 6.03. The van der Waals surface area contributed by atoms with Gasteiger partial charge in [0.05, 0.1) is 30.0 Å². The SMILES string of the molecule is CC(C)OC(=O)C1CCC(C(=O)O)CC1C(=O)OC(C)C. The monoisotopic (exact) mass is 300 g/mol. The molecule has 6 heteroatoms. The molecule has 0 bridgehead atoms. The van der Waals surface area contributed by atoms with Crippen LogP contribution in [0.5, 0.6) is 0 Å². The number of carboxylic acid groups (broad SMARTS) is 1. The largest absolute Gasteiger partial charge is 0.481 e. The number of hydrogen-bond donors (Lipinski definition) is 1. The highest BCUT2D eigenvalue weighted by Gasteiger charge is 2.43. The molecule has 21 heavy (non-hydrogen) atoms. The zero-order valence-corrected chi connectivity index (χ0v) is 13.0. The molecule has 3 unspecified atom stereocenters. The summed E-state index contributed by atoms with van der Waals surface area (Å²) >= 11 is 0. The van der Waals surface area contributed by atoms with Crippen molar-refractivity contribution in [2.45, 2.75) is 59.2 Å². The van der Waals surface area contributed by atoms with Crippen LogP contribution in [0.25, 0.3) is 0 Å². The third-order valence-corrected chi connectivity index (χ3v) is 3.51. The van der Waals surface area contributed by atoms with Gasteiger partial charge in [-0.3, -0.25) is 14.4 Å². The van der Waals surface area contributed by atoms with Gasteiger partial charge in [0.1, 0.15) is 0 Å². The topological polar surface area (TPSA) is 89.9 Å². The summed E-state index contributed by atoms with van der Waals surface area (Å²) in [5, 5.41) is 9.12. The second-order valence-corrected chi connectivity index (χ2v) is 6.03. The van der Waals surface area contributed by atoms with Crippen LogP contribution >= 0.6 is 0 Å². The van der Waals surface area contributed by atoms with Crippen molar-refractivity contribution in [1.82, 2.24) is 0 Å². The summed E-state index contributed by atoms with van der Waals surface area (Å²) in [5.74, 6) is -3.87. The fourth-order valence-corrected chi connectivity index (χ4v) is 2.58. The van der Waals surface area contributed by atoms with Crippen LogP contribution in [0.4, 0.5) is 0 Å².